The minimum atomic E-state index is -0.533. The van der Waals surface area contributed by atoms with Gasteiger partial charge < -0.3 is 4.74 Å². The van der Waals surface area contributed by atoms with Crippen molar-refractivity contribution in [3.63, 3.8) is 0 Å². The Hall–Kier alpha value is -1.19. The van der Waals surface area contributed by atoms with Crippen molar-refractivity contribution in [2.45, 2.75) is 78.2 Å². The molecule has 4 saturated carbocycles. The molecule has 0 amide bonds. The molecule has 0 unspecified atom stereocenters. The number of ketones is 2. The Morgan fingerprint density at radius 1 is 1.00 bits per heavy atom. The van der Waals surface area contributed by atoms with Crippen LogP contribution in [-0.4, -0.2) is 23.6 Å². The number of hydrogen-bond acceptors (Lipinski definition) is 4. The summed E-state index contributed by atoms with van der Waals surface area (Å²) in [5, 5.41) is 0. The standard InChI is InChI=1S/C21H30O4/c1-12(22)25-17-9-11-20(2)15-8-10-21(3)14(6-7-18(21)23)13(15)4-5-16(20)19(17)24/h13-17H,4-11H2,1-3H3/t13-,14-,15-,16-,17-,20+,21-/m0/s1. The predicted octanol–water partition coefficient (Wildman–Crippen LogP) is 3.71. The maximum absolute atomic E-state index is 13.0. The van der Waals surface area contributed by atoms with E-state index < -0.39 is 6.10 Å². The average Bonchev–Trinajstić information content (AvgIpc) is 2.86. The first-order valence-electron chi connectivity index (χ1n) is 10.0. The Morgan fingerprint density at radius 2 is 1.76 bits per heavy atom. The zero-order chi connectivity index (χ0) is 18.0. The van der Waals surface area contributed by atoms with Gasteiger partial charge in [-0.05, 0) is 68.1 Å². The summed E-state index contributed by atoms with van der Waals surface area (Å²) < 4.78 is 5.30. The highest BCUT2D eigenvalue weighted by Gasteiger charge is 2.62. The minimum Gasteiger partial charge on any atom is -0.455 e. The second kappa shape index (κ2) is 5.65. The van der Waals surface area contributed by atoms with Crippen LogP contribution in [0.2, 0.25) is 0 Å². The molecule has 0 radical (unpaired) electrons. The topological polar surface area (TPSA) is 60.4 Å². The molecule has 7 atom stereocenters. The van der Waals surface area contributed by atoms with Crippen LogP contribution in [0.15, 0.2) is 0 Å². The second-order valence-corrected chi connectivity index (χ2v) is 9.47. The first kappa shape index (κ1) is 17.2. The van der Waals surface area contributed by atoms with Gasteiger partial charge >= 0.3 is 5.97 Å². The van der Waals surface area contributed by atoms with Crippen LogP contribution in [0.3, 0.4) is 0 Å². The van der Waals surface area contributed by atoms with E-state index in [9.17, 15) is 14.4 Å². The van der Waals surface area contributed by atoms with Crippen molar-refractivity contribution >= 4 is 17.5 Å². The average molecular weight is 346 g/mol. The molecule has 4 nitrogen and oxygen atoms in total. The summed E-state index contributed by atoms with van der Waals surface area (Å²) in [7, 11) is 0. The van der Waals surface area contributed by atoms with Gasteiger partial charge in [0.15, 0.2) is 11.9 Å². The van der Waals surface area contributed by atoms with Crippen molar-refractivity contribution in [3.8, 4) is 0 Å². The van der Waals surface area contributed by atoms with Crippen molar-refractivity contribution in [3.05, 3.63) is 0 Å². The number of esters is 1. The molecule has 0 spiro atoms. The Balaban J connectivity index is 1.59. The lowest BCUT2D eigenvalue weighted by Gasteiger charge is -2.59. The fourth-order valence-electron chi connectivity index (χ4n) is 7.18. The Labute approximate surface area is 150 Å². The Morgan fingerprint density at radius 3 is 2.48 bits per heavy atom. The smallest absolute Gasteiger partial charge is 0.303 e. The molecule has 25 heavy (non-hydrogen) atoms. The fourth-order valence-corrected chi connectivity index (χ4v) is 7.18. The number of carbonyl (C=O) groups excluding carboxylic acids is 3. The Kier molecular flexibility index (Phi) is 3.90. The number of rotatable bonds is 1. The SMILES string of the molecule is CC(=O)O[C@H]1CC[C@@]2(C)[C@@H](CC[C@@H]3[C@@H]2CC[C@]2(C)C(=O)CC[C@@H]32)C1=O. The molecule has 4 fully saturated rings. The lowest BCUT2D eigenvalue weighted by Crippen LogP contribution is -2.57. The summed E-state index contributed by atoms with van der Waals surface area (Å²) in [6.07, 6.45) is 6.89. The van der Waals surface area contributed by atoms with E-state index in [0.29, 0.717) is 30.0 Å². The largest absolute Gasteiger partial charge is 0.455 e. The molecular weight excluding hydrogens is 316 g/mol. The van der Waals surface area contributed by atoms with Crippen molar-refractivity contribution in [2.24, 2.45) is 34.5 Å². The maximum atomic E-state index is 13.0. The predicted molar refractivity (Wildman–Crippen MR) is 92.7 cm³/mol. The molecule has 138 valence electrons. The highest BCUT2D eigenvalue weighted by Crippen LogP contribution is 2.65. The van der Waals surface area contributed by atoms with Crippen LogP contribution in [0, 0.1) is 34.5 Å². The molecule has 4 aliphatic rings. The highest BCUT2D eigenvalue weighted by molar-refractivity contribution is 5.89. The van der Waals surface area contributed by atoms with Crippen LogP contribution in [0.5, 0.6) is 0 Å². The number of fused-ring (bicyclic) bond motifs is 5. The van der Waals surface area contributed by atoms with Gasteiger partial charge in [0.25, 0.3) is 0 Å². The van der Waals surface area contributed by atoms with Crippen molar-refractivity contribution < 1.29 is 19.1 Å². The lowest BCUT2D eigenvalue weighted by atomic mass is 9.45. The third kappa shape index (κ3) is 2.35. The van der Waals surface area contributed by atoms with Crippen LogP contribution >= 0.6 is 0 Å². The van der Waals surface area contributed by atoms with Gasteiger partial charge in [-0.15, -0.1) is 0 Å². The van der Waals surface area contributed by atoms with Gasteiger partial charge in [0, 0.05) is 24.7 Å². The molecule has 0 heterocycles. The fraction of sp³-hybridized carbons (Fsp3) is 0.857. The van der Waals surface area contributed by atoms with Crippen molar-refractivity contribution in [2.75, 3.05) is 0 Å². The van der Waals surface area contributed by atoms with E-state index in [1.807, 2.05) is 0 Å². The molecular formula is C21H30O4. The summed E-state index contributed by atoms with van der Waals surface area (Å²) in [6.45, 7) is 5.88. The molecule has 0 bridgehead atoms. The van der Waals surface area contributed by atoms with E-state index in [0.717, 1.165) is 44.9 Å². The summed E-state index contributed by atoms with van der Waals surface area (Å²) in [4.78, 5) is 36.8. The zero-order valence-corrected chi connectivity index (χ0v) is 15.7. The van der Waals surface area contributed by atoms with Gasteiger partial charge in [-0.3, -0.25) is 14.4 Å². The third-order valence-electron chi connectivity index (χ3n) is 8.49. The van der Waals surface area contributed by atoms with Crippen LogP contribution < -0.4 is 0 Å². The van der Waals surface area contributed by atoms with Gasteiger partial charge in [-0.25, -0.2) is 0 Å². The quantitative estimate of drug-likeness (QED) is 0.679. The van der Waals surface area contributed by atoms with E-state index in [4.69, 9.17) is 4.74 Å². The molecule has 0 aromatic carbocycles. The van der Waals surface area contributed by atoms with Gasteiger partial charge in [0.2, 0.25) is 0 Å². The van der Waals surface area contributed by atoms with E-state index in [2.05, 4.69) is 13.8 Å². The van der Waals surface area contributed by atoms with Crippen LogP contribution in [0.4, 0.5) is 0 Å². The molecule has 4 heteroatoms. The molecule has 0 aliphatic heterocycles. The van der Waals surface area contributed by atoms with Gasteiger partial charge in [0.1, 0.15) is 5.78 Å². The van der Waals surface area contributed by atoms with Crippen LogP contribution in [-0.2, 0) is 19.1 Å². The number of hydrogen-bond donors (Lipinski definition) is 0. The van der Waals surface area contributed by atoms with Crippen molar-refractivity contribution in [1.29, 1.82) is 0 Å². The number of carbonyl (C=O) groups is 3. The van der Waals surface area contributed by atoms with Crippen molar-refractivity contribution in [1.82, 2.24) is 0 Å². The van der Waals surface area contributed by atoms with Gasteiger partial charge in [0.05, 0.1) is 0 Å². The monoisotopic (exact) mass is 346 g/mol. The summed E-state index contributed by atoms with van der Waals surface area (Å²) in [5.41, 5.74) is -0.0903. The molecule has 0 saturated heterocycles. The second-order valence-electron chi connectivity index (χ2n) is 9.47. The lowest BCUT2D eigenvalue weighted by molar-refractivity contribution is -0.171. The highest BCUT2D eigenvalue weighted by atomic mass is 16.5. The van der Waals surface area contributed by atoms with Gasteiger partial charge in [-0.2, -0.15) is 0 Å². The van der Waals surface area contributed by atoms with E-state index in [1.54, 1.807) is 0 Å². The summed E-state index contributed by atoms with van der Waals surface area (Å²) in [5.74, 6) is 1.93. The van der Waals surface area contributed by atoms with Crippen LogP contribution in [0.1, 0.15) is 72.1 Å². The Bertz CT molecular complexity index is 625. The number of Topliss-reactive ketones (excluding diaryl/α,β-unsaturated/α-hetero) is 2. The molecule has 0 aromatic rings. The molecule has 4 rings (SSSR count). The maximum Gasteiger partial charge on any atom is 0.303 e. The molecule has 0 aromatic heterocycles. The minimum absolute atomic E-state index is 0.0175. The van der Waals surface area contributed by atoms with Crippen LogP contribution in [0.25, 0.3) is 0 Å². The normalized spacial score (nSPS) is 49.2. The summed E-state index contributed by atoms with van der Waals surface area (Å²) in [6, 6.07) is 0. The van der Waals surface area contributed by atoms with E-state index >= 15 is 0 Å². The third-order valence-corrected chi connectivity index (χ3v) is 8.49. The van der Waals surface area contributed by atoms with Gasteiger partial charge in [-0.1, -0.05) is 13.8 Å². The van der Waals surface area contributed by atoms with E-state index in [-0.39, 0.29) is 28.5 Å². The molecule has 4 aliphatic carbocycles. The van der Waals surface area contributed by atoms with E-state index in [1.165, 1.54) is 6.92 Å². The molecule has 0 N–H and O–H groups in total. The number of ether oxygens (including phenoxy) is 1. The first-order valence-corrected chi connectivity index (χ1v) is 10.0. The zero-order valence-electron chi connectivity index (χ0n) is 15.7. The first-order chi connectivity index (χ1) is 11.8. The summed E-state index contributed by atoms with van der Waals surface area (Å²) >= 11 is 0.